The summed E-state index contributed by atoms with van der Waals surface area (Å²) < 4.78 is 0. The standard InChI is InChI=1S/C13H18/c1-2-4-8-13(7-3-1)10-11-5-6-12(13)9-11/h1,3,5-6,11-12H,2,4,7-10H2. The second-order valence-electron chi connectivity index (χ2n) is 5.12. The van der Waals surface area contributed by atoms with Gasteiger partial charge in [-0.25, -0.2) is 0 Å². The largest absolute Gasteiger partial charge is 0.0885 e. The molecule has 3 atom stereocenters. The molecule has 13 heavy (non-hydrogen) atoms. The maximum atomic E-state index is 2.51. The quantitative estimate of drug-likeness (QED) is 0.491. The Morgan fingerprint density at radius 1 is 1.15 bits per heavy atom. The van der Waals surface area contributed by atoms with Gasteiger partial charge in [-0.3, -0.25) is 0 Å². The lowest BCUT2D eigenvalue weighted by atomic mass is 9.71. The van der Waals surface area contributed by atoms with E-state index in [9.17, 15) is 0 Å². The van der Waals surface area contributed by atoms with Gasteiger partial charge in [0.1, 0.15) is 0 Å². The van der Waals surface area contributed by atoms with E-state index in [-0.39, 0.29) is 0 Å². The van der Waals surface area contributed by atoms with Crippen molar-refractivity contribution in [1.82, 2.24) is 0 Å². The van der Waals surface area contributed by atoms with E-state index in [0.717, 1.165) is 11.8 Å². The topological polar surface area (TPSA) is 0 Å². The van der Waals surface area contributed by atoms with Gasteiger partial charge >= 0.3 is 0 Å². The molecule has 0 aromatic heterocycles. The van der Waals surface area contributed by atoms with Crippen molar-refractivity contribution in [2.24, 2.45) is 17.3 Å². The predicted molar refractivity (Wildman–Crippen MR) is 55.4 cm³/mol. The van der Waals surface area contributed by atoms with Crippen molar-refractivity contribution in [2.45, 2.75) is 38.5 Å². The number of fused-ring (bicyclic) bond motifs is 3. The third-order valence-electron chi connectivity index (χ3n) is 4.36. The predicted octanol–water partition coefficient (Wildman–Crippen LogP) is 3.70. The Bertz CT molecular complexity index is 261. The highest BCUT2D eigenvalue weighted by Gasteiger charge is 2.46. The van der Waals surface area contributed by atoms with Gasteiger partial charge in [-0.05, 0) is 55.8 Å². The number of hydrogen-bond donors (Lipinski definition) is 0. The minimum absolute atomic E-state index is 0.701. The molecule has 2 bridgehead atoms. The Hall–Kier alpha value is -0.520. The first-order valence-corrected chi connectivity index (χ1v) is 5.72. The monoisotopic (exact) mass is 174 g/mol. The molecule has 0 N–H and O–H groups in total. The van der Waals surface area contributed by atoms with Crippen molar-refractivity contribution in [3.63, 3.8) is 0 Å². The van der Waals surface area contributed by atoms with Crippen molar-refractivity contribution in [3.05, 3.63) is 24.3 Å². The third-order valence-corrected chi connectivity index (χ3v) is 4.36. The Kier molecular flexibility index (Phi) is 1.65. The van der Waals surface area contributed by atoms with Gasteiger partial charge in [0, 0.05) is 0 Å². The molecule has 1 saturated carbocycles. The van der Waals surface area contributed by atoms with Crippen LogP contribution in [0.3, 0.4) is 0 Å². The van der Waals surface area contributed by atoms with E-state index in [1.807, 2.05) is 0 Å². The highest BCUT2D eigenvalue weighted by molar-refractivity contribution is 5.17. The van der Waals surface area contributed by atoms with E-state index < -0.39 is 0 Å². The van der Waals surface area contributed by atoms with Gasteiger partial charge < -0.3 is 0 Å². The van der Waals surface area contributed by atoms with Crippen LogP contribution in [0, 0.1) is 17.3 Å². The molecule has 0 saturated heterocycles. The van der Waals surface area contributed by atoms with Gasteiger partial charge in [0.15, 0.2) is 0 Å². The molecule has 3 aliphatic carbocycles. The van der Waals surface area contributed by atoms with Gasteiger partial charge in [-0.15, -0.1) is 0 Å². The number of hydrogen-bond acceptors (Lipinski definition) is 0. The molecule has 1 fully saturated rings. The van der Waals surface area contributed by atoms with Gasteiger partial charge in [0.25, 0.3) is 0 Å². The second kappa shape index (κ2) is 2.73. The highest BCUT2D eigenvalue weighted by atomic mass is 14.5. The smallest absolute Gasteiger partial charge is 0.0168 e. The summed E-state index contributed by atoms with van der Waals surface area (Å²) >= 11 is 0. The molecular formula is C13H18. The molecule has 3 rings (SSSR count). The fourth-order valence-electron chi connectivity index (χ4n) is 3.69. The van der Waals surface area contributed by atoms with Crippen LogP contribution < -0.4 is 0 Å². The molecule has 0 heterocycles. The minimum atomic E-state index is 0.701. The molecular weight excluding hydrogens is 156 g/mol. The van der Waals surface area contributed by atoms with Gasteiger partial charge in [0.05, 0.1) is 0 Å². The summed E-state index contributed by atoms with van der Waals surface area (Å²) in [6.07, 6.45) is 18.3. The van der Waals surface area contributed by atoms with Crippen LogP contribution in [-0.2, 0) is 0 Å². The Balaban J connectivity index is 1.88. The maximum absolute atomic E-state index is 2.51. The highest BCUT2D eigenvalue weighted by Crippen LogP contribution is 2.57. The van der Waals surface area contributed by atoms with E-state index in [0.29, 0.717) is 5.41 Å². The Labute approximate surface area is 80.7 Å². The lowest BCUT2D eigenvalue weighted by Gasteiger charge is -2.34. The van der Waals surface area contributed by atoms with E-state index >= 15 is 0 Å². The fourth-order valence-corrected chi connectivity index (χ4v) is 3.69. The first-order chi connectivity index (χ1) is 6.39. The normalized spacial score (nSPS) is 47.4. The summed E-state index contributed by atoms with van der Waals surface area (Å²) in [6.45, 7) is 0. The summed E-state index contributed by atoms with van der Waals surface area (Å²) in [6, 6.07) is 0. The summed E-state index contributed by atoms with van der Waals surface area (Å²) in [5, 5.41) is 0. The molecule has 0 aliphatic heterocycles. The van der Waals surface area contributed by atoms with Crippen LogP contribution in [-0.4, -0.2) is 0 Å². The van der Waals surface area contributed by atoms with Crippen LogP contribution in [0.5, 0.6) is 0 Å². The van der Waals surface area contributed by atoms with Crippen LogP contribution in [0.1, 0.15) is 38.5 Å². The first kappa shape index (κ1) is 7.84. The zero-order valence-corrected chi connectivity index (χ0v) is 8.21. The summed E-state index contributed by atoms with van der Waals surface area (Å²) in [4.78, 5) is 0. The average molecular weight is 174 g/mol. The zero-order chi connectivity index (χ0) is 8.73. The minimum Gasteiger partial charge on any atom is -0.0885 e. The lowest BCUT2D eigenvalue weighted by molar-refractivity contribution is 0.210. The summed E-state index contributed by atoms with van der Waals surface area (Å²) in [7, 11) is 0. The van der Waals surface area contributed by atoms with Crippen molar-refractivity contribution in [3.8, 4) is 0 Å². The van der Waals surface area contributed by atoms with Crippen molar-refractivity contribution in [1.29, 1.82) is 0 Å². The zero-order valence-electron chi connectivity index (χ0n) is 8.21. The average Bonchev–Trinajstić information content (AvgIpc) is 2.63. The van der Waals surface area contributed by atoms with E-state index in [4.69, 9.17) is 0 Å². The molecule has 1 spiro atoms. The summed E-state index contributed by atoms with van der Waals surface area (Å²) in [5.74, 6) is 1.87. The number of allylic oxidation sites excluding steroid dienone is 4. The molecule has 0 amide bonds. The lowest BCUT2D eigenvalue weighted by Crippen LogP contribution is -2.24. The van der Waals surface area contributed by atoms with Crippen LogP contribution in [0.2, 0.25) is 0 Å². The molecule has 0 aromatic carbocycles. The van der Waals surface area contributed by atoms with E-state index in [1.54, 1.807) is 0 Å². The molecule has 0 radical (unpaired) electrons. The molecule has 0 heteroatoms. The van der Waals surface area contributed by atoms with Crippen molar-refractivity contribution < 1.29 is 0 Å². The van der Waals surface area contributed by atoms with Crippen molar-refractivity contribution >= 4 is 0 Å². The van der Waals surface area contributed by atoms with Crippen LogP contribution in [0.15, 0.2) is 24.3 Å². The van der Waals surface area contributed by atoms with Crippen LogP contribution in [0.25, 0.3) is 0 Å². The molecule has 0 aromatic rings. The SMILES string of the molecule is C1=CCC2(CCC1)CC1C=CC2C1. The van der Waals surface area contributed by atoms with Gasteiger partial charge in [-0.2, -0.15) is 0 Å². The first-order valence-electron chi connectivity index (χ1n) is 5.72. The molecule has 70 valence electrons. The summed E-state index contributed by atoms with van der Waals surface area (Å²) in [5.41, 5.74) is 0.701. The van der Waals surface area contributed by atoms with E-state index in [1.165, 1.54) is 38.5 Å². The van der Waals surface area contributed by atoms with E-state index in [2.05, 4.69) is 24.3 Å². The molecule has 0 nitrogen and oxygen atoms in total. The van der Waals surface area contributed by atoms with Crippen LogP contribution in [0.4, 0.5) is 0 Å². The van der Waals surface area contributed by atoms with Crippen LogP contribution >= 0.6 is 0 Å². The van der Waals surface area contributed by atoms with Crippen molar-refractivity contribution in [2.75, 3.05) is 0 Å². The second-order valence-corrected chi connectivity index (χ2v) is 5.12. The molecule has 3 aliphatic rings. The fraction of sp³-hybridized carbons (Fsp3) is 0.692. The number of rotatable bonds is 0. The van der Waals surface area contributed by atoms with Gasteiger partial charge in [-0.1, -0.05) is 24.3 Å². The molecule has 3 unspecified atom stereocenters. The van der Waals surface area contributed by atoms with Gasteiger partial charge in [0.2, 0.25) is 0 Å². The third kappa shape index (κ3) is 1.11. The Morgan fingerprint density at radius 2 is 2.15 bits per heavy atom. The maximum Gasteiger partial charge on any atom is -0.0168 e. The Morgan fingerprint density at radius 3 is 2.92 bits per heavy atom.